The highest BCUT2D eigenvalue weighted by atomic mass is 16.5. The lowest BCUT2D eigenvalue weighted by atomic mass is 9.81. The predicted octanol–water partition coefficient (Wildman–Crippen LogP) is 1.89. The average molecular weight is 404 g/mol. The smallest absolute Gasteiger partial charge is 0.233 e. The molecule has 3 amide bonds. The highest BCUT2D eigenvalue weighted by Crippen LogP contribution is 2.39. The Kier molecular flexibility index (Phi) is 6.61. The van der Waals surface area contributed by atoms with Gasteiger partial charge in [-0.15, -0.1) is 0 Å². The van der Waals surface area contributed by atoms with Crippen LogP contribution in [-0.2, 0) is 20.9 Å². The van der Waals surface area contributed by atoms with Gasteiger partial charge in [0.2, 0.25) is 23.5 Å². The molecule has 8 nitrogen and oxygen atoms in total. The standard InChI is InChI=1S/C21H28N2O6/c1-27-16-10-13(11-17(28-2)19(16)29-3)12-22-18(24)8-9-23-20(25)14-6-4-5-7-15(14)21(23)26/h10-11,14-15H,4-9,12H2,1-3H3,(H,22,24)/t14-,15+. The van der Waals surface area contributed by atoms with Crippen molar-refractivity contribution in [1.29, 1.82) is 0 Å². The normalized spacial score (nSPS) is 21.0. The first-order valence-electron chi connectivity index (χ1n) is 9.91. The van der Waals surface area contributed by atoms with Gasteiger partial charge in [-0.2, -0.15) is 0 Å². The molecule has 1 saturated carbocycles. The van der Waals surface area contributed by atoms with Crippen molar-refractivity contribution in [3.05, 3.63) is 17.7 Å². The second-order valence-electron chi connectivity index (χ2n) is 7.39. The number of methoxy groups -OCH3 is 3. The third-order valence-corrected chi connectivity index (χ3v) is 5.71. The van der Waals surface area contributed by atoms with Crippen molar-refractivity contribution in [2.45, 2.75) is 38.6 Å². The molecule has 0 spiro atoms. The van der Waals surface area contributed by atoms with E-state index in [4.69, 9.17) is 14.2 Å². The van der Waals surface area contributed by atoms with Crippen molar-refractivity contribution in [1.82, 2.24) is 10.2 Å². The highest BCUT2D eigenvalue weighted by molar-refractivity contribution is 6.05. The van der Waals surface area contributed by atoms with E-state index < -0.39 is 0 Å². The lowest BCUT2D eigenvalue weighted by Crippen LogP contribution is -2.35. The molecule has 1 aliphatic carbocycles. The monoisotopic (exact) mass is 404 g/mol. The van der Waals surface area contributed by atoms with E-state index in [1.165, 1.54) is 26.2 Å². The fraction of sp³-hybridized carbons (Fsp3) is 0.571. The van der Waals surface area contributed by atoms with Gasteiger partial charge in [0, 0.05) is 19.5 Å². The van der Waals surface area contributed by atoms with Gasteiger partial charge in [-0.25, -0.2) is 0 Å². The highest BCUT2D eigenvalue weighted by Gasteiger charge is 2.47. The van der Waals surface area contributed by atoms with Crippen LogP contribution >= 0.6 is 0 Å². The van der Waals surface area contributed by atoms with Crippen molar-refractivity contribution in [2.24, 2.45) is 11.8 Å². The maximum atomic E-state index is 12.5. The zero-order valence-electron chi connectivity index (χ0n) is 17.2. The van der Waals surface area contributed by atoms with Crippen LogP contribution in [0.1, 0.15) is 37.7 Å². The number of hydrogen-bond acceptors (Lipinski definition) is 6. The molecule has 1 saturated heterocycles. The molecule has 1 aromatic rings. The van der Waals surface area contributed by atoms with Crippen LogP contribution in [0.3, 0.4) is 0 Å². The number of likely N-dealkylation sites (tertiary alicyclic amines) is 1. The molecule has 0 radical (unpaired) electrons. The van der Waals surface area contributed by atoms with Crippen LogP contribution < -0.4 is 19.5 Å². The summed E-state index contributed by atoms with van der Waals surface area (Å²) >= 11 is 0. The van der Waals surface area contributed by atoms with Crippen molar-refractivity contribution in [3.63, 3.8) is 0 Å². The van der Waals surface area contributed by atoms with E-state index in [-0.39, 0.29) is 49.1 Å². The van der Waals surface area contributed by atoms with Crippen LogP contribution in [0.5, 0.6) is 17.2 Å². The fourth-order valence-electron chi connectivity index (χ4n) is 4.19. The molecule has 158 valence electrons. The quantitative estimate of drug-likeness (QED) is 0.665. The van der Waals surface area contributed by atoms with Crippen molar-refractivity contribution in [3.8, 4) is 17.2 Å². The number of benzene rings is 1. The molecular weight excluding hydrogens is 376 g/mol. The Bertz CT molecular complexity index is 744. The van der Waals surface area contributed by atoms with E-state index in [1.54, 1.807) is 12.1 Å². The molecule has 2 atom stereocenters. The van der Waals surface area contributed by atoms with E-state index in [0.29, 0.717) is 17.2 Å². The van der Waals surface area contributed by atoms with Gasteiger partial charge < -0.3 is 19.5 Å². The van der Waals surface area contributed by atoms with Crippen LogP contribution in [-0.4, -0.2) is 50.5 Å². The number of nitrogens with zero attached hydrogens (tertiary/aromatic N) is 1. The van der Waals surface area contributed by atoms with Crippen LogP contribution in [0, 0.1) is 11.8 Å². The van der Waals surface area contributed by atoms with E-state index in [9.17, 15) is 14.4 Å². The summed E-state index contributed by atoms with van der Waals surface area (Å²) < 4.78 is 15.9. The van der Waals surface area contributed by atoms with Gasteiger partial charge in [-0.1, -0.05) is 12.8 Å². The summed E-state index contributed by atoms with van der Waals surface area (Å²) in [5, 5.41) is 2.82. The SMILES string of the molecule is COc1cc(CNC(=O)CCN2C(=O)[C@H]3CCCC[C@H]3C2=O)cc(OC)c1OC. The van der Waals surface area contributed by atoms with Crippen molar-refractivity contribution < 1.29 is 28.6 Å². The largest absolute Gasteiger partial charge is 0.493 e. The zero-order chi connectivity index (χ0) is 21.0. The van der Waals surface area contributed by atoms with Crippen LogP contribution in [0.4, 0.5) is 0 Å². The summed E-state index contributed by atoms with van der Waals surface area (Å²) in [6.07, 6.45) is 3.62. The Balaban J connectivity index is 1.55. The molecule has 1 aromatic carbocycles. The van der Waals surface area contributed by atoms with Gasteiger partial charge in [0.15, 0.2) is 11.5 Å². The Morgan fingerprint density at radius 2 is 1.55 bits per heavy atom. The first-order chi connectivity index (χ1) is 14.0. The van der Waals surface area contributed by atoms with Gasteiger partial charge in [0.05, 0.1) is 33.2 Å². The van der Waals surface area contributed by atoms with Gasteiger partial charge in [-0.3, -0.25) is 19.3 Å². The molecular formula is C21H28N2O6. The second kappa shape index (κ2) is 9.15. The van der Waals surface area contributed by atoms with Crippen molar-refractivity contribution >= 4 is 17.7 Å². The lowest BCUT2D eigenvalue weighted by Gasteiger charge is -2.19. The minimum Gasteiger partial charge on any atom is -0.493 e. The summed E-state index contributed by atoms with van der Waals surface area (Å²) in [6.45, 7) is 0.397. The number of hydrogen-bond donors (Lipinski definition) is 1. The van der Waals surface area contributed by atoms with Gasteiger partial charge in [0.25, 0.3) is 0 Å². The number of carbonyl (C=O) groups is 3. The summed E-state index contributed by atoms with van der Waals surface area (Å²) in [4.78, 5) is 38.5. The summed E-state index contributed by atoms with van der Waals surface area (Å²) in [5.74, 6) is 0.678. The summed E-state index contributed by atoms with van der Waals surface area (Å²) in [6, 6.07) is 3.53. The van der Waals surface area contributed by atoms with E-state index in [1.807, 2.05) is 0 Å². The zero-order valence-corrected chi connectivity index (χ0v) is 17.2. The average Bonchev–Trinajstić information content (AvgIpc) is 2.99. The molecule has 1 heterocycles. The number of amides is 3. The number of nitrogens with one attached hydrogen (secondary N) is 1. The minimum atomic E-state index is -0.228. The van der Waals surface area contributed by atoms with Gasteiger partial charge in [0.1, 0.15) is 0 Å². The minimum absolute atomic E-state index is 0.0847. The maximum Gasteiger partial charge on any atom is 0.233 e. The Morgan fingerprint density at radius 1 is 1.00 bits per heavy atom. The number of carbonyl (C=O) groups excluding carboxylic acids is 3. The maximum absolute atomic E-state index is 12.5. The molecule has 1 N–H and O–H groups in total. The van der Waals surface area contributed by atoms with Crippen LogP contribution in [0.25, 0.3) is 0 Å². The third-order valence-electron chi connectivity index (χ3n) is 5.71. The molecule has 29 heavy (non-hydrogen) atoms. The predicted molar refractivity (Wildman–Crippen MR) is 105 cm³/mol. The van der Waals surface area contributed by atoms with Gasteiger partial charge >= 0.3 is 0 Å². The second-order valence-corrected chi connectivity index (χ2v) is 7.39. The van der Waals surface area contributed by atoms with E-state index in [0.717, 1.165) is 31.2 Å². The third kappa shape index (κ3) is 4.31. The lowest BCUT2D eigenvalue weighted by molar-refractivity contribution is -0.140. The Morgan fingerprint density at radius 3 is 2.03 bits per heavy atom. The topological polar surface area (TPSA) is 94.2 Å². The summed E-state index contributed by atoms with van der Waals surface area (Å²) in [5.41, 5.74) is 0.784. The van der Waals surface area contributed by atoms with E-state index >= 15 is 0 Å². The molecule has 8 heteroatoms. The van der Waals surface area contributed by atoms with E-state index in [2.05, 4.69) is 5.32 Å². The van der Waals surface area contributed by atoms with Crippen LogP contribution in [0.15, 0.2) is 12.1 Å². The Labute approximate surface area is 170 Å². The molecule has 0 aromatic heterocycles. The number of fused-ring (bicyclic) bond motifs is 1. The van der Waals surface area contributed by atoms with Crippen molar-refractivity contribution in [2.75, 3.05) is 27.9 Å². The number of ether oxygens (including phenoxy) is 3. The molecule has 1 aliphatic heterocycles. The number of imide groups is 1. The van der Waals surface area contributed by atoms with Crippen LogP contribution in [0.2, 0.25) is 0 Å². The molecule has 3 rings (SSSR count). The molecule has 0 unspecified atom stereocenters. The first kappa shape index (κ1) is 21.0. The molecule has 0 bridgehead atoms. The molecule has 2 aliphatic rings. The molecule has 2 fully saturated rings. The number of rotatable bonds is 8. The fourth-order valence-corrected chi connectivity index (χ4v) is 4.19. The first-order valence-corrected chi connectivity index (χ1v) is 9.91. The summed E-state index contributed by atoms with van der Waals surface area (Å²) in [7, 11) is 4.58. The van der Waals surface area contributed by atoms with Gasteiger partial charge in [-0.05, 0) is 30.5 Å². The Hall–Kier alpha value is -2.77.